The zero-order valence-electron chi connectivity index (χ0n) is 20.7. The number of hydrogen-bond donors (Lipinski definition) is 0. The average molecular weight is 485 g/mol. The van der Waals surface area contributed by atoms with E-state index in [0.29, 0.717) is 28.0 Å². The van der Waals surface area contributed by atoms with E-state index in [4.69, 9.17) is 14.5 Å². The first-order valence-corrected chi connectivity index (χ1v) is 11.6. The summed E-state index contributed by atoms with van der Waals surface area (Å²) in [6, 6.07) is 22.1. The smallest absolute Gasteiger partial charge is 0.347 e. The number of carbonyl (C=O) groups is 1. The molecule has 4 aromatic rings. The summed E-state index contributed by atoms with van der Waals surface area (Å²) in [5.74, 6) is 0.397. The molecular weight excluding hydrogens is 456 g/mol. The lowest BCUT2D eigenvalue weighted by Crippen LogP contribution is -2.26. The number of nitrogens with zero attached hydrogens (tertiary/aromatic N) is 4. The second-order valence-electron chi connectivity index (χ2n) is 8.31. The summed E-state index contributed by atoms with van der Waals surface area (Å²) in [4.78, 5) is 32.2. The Hall–Kier alpha value is -4.46. The maximum absolute atomic E-state index is 13.4. The lowest BCUT2D eigenvalue weighted by Gasteiger charge is -2.18. The summed E-state index contributed by atoms with van der Waals surface area (Å²) in [5.41, 5.74) is 2.54. The van der Waals surface area contributed by atoms with Crippen molar-refractivity contribution in [1.29, 1.82) is 0 Å². The molecule has 0 saturated carbocycles. The molecule has 1 heterocycles. The summed E-state index contributed by atoms with van der Waals surface area (Å²) < 4.78 is 12.3. The highest BCUT2D eigenvalue weighted by atomic mass is 16.6. The van der Waals surface area contributed by atoms with E-state index in [-0.39, 0.29) is 12.2 Å². The zero-order chi connectivity index (χ0) is 25.7. The Labute approximate surface area is 209 Å². The van der Waals surface area contributed by atoms with Crippen molar-refractivity contribution in [3.05, 3.63) is 88.7 Å². The van der Waals surface area contributed by atoms with Crippen LogP contribution in [0.1, 0.15) is 19.4 Å². The van der Waals surface area contributed by atoms with Gasteiger partial charge in [-0.05, 0) is 38.1 Å². The highest BCUT2D eigenvalue weighted by Crippen LogP contribution is 2.26. The van der Waals surface area contributed by atoms with Crippen LogP contribution in [0.5, 0.6) is 5.75 Å². The molecule has 4 rings (SSSR count). The summed E-state index contributed by atoms with van der Waals surface area (Å²) in [7, 11) is 3.82. The van der Waals surface area contributed by atoms with Crippen molar-refractivity contribution >= 4 is 28.8 Å². The number of rotatable bonds is 8. The largest absolute Gasteiger partial charge is 0.478 e. The van der Waals surface area contributed by atoms with Crippen LogP contribution < -0.4 is 15.2 Å². The van der Waals surface area contributed by atoms with Crippen LogP contribution in [-0.4, -0.2) is 48.7 Å². The number of fused-ring (bicyclic) bond motifs is 1. The molecule has 0 fully saturated rings. The van der Waals surface area contributed by atoms with E-state index < -0.39 is 12.1 Å². The molecular formula is C28H28N4O4. The van der Waals surface area contributed by atoms with E-state index in [1.165, 1.54) is 10.9 Å². The summed E-state index contributed by atoms with van der Waals surface area (Å²) in [5, 5.41) is 5.00. The molecule has 1 aromatic heterocycles. The molecule has 0 aliphatic rings. The molecule has 184 valence electrons. The number of benzene rings is 3. The maximum Gasteiger partial charge on any atom is 0.347 e. The van der Waals surface area contributed by atoms with Crippen LogP contribution in [0.4, 0.5) is 5.69 Å². The van der Waals surface area contributed by atoms with Crippen molar-refractivity contribution in [3.63, 3.8) is 0 Å². The first-order chi connectivity index (χ1) is 17.4. The second-order valence-corrected chi connectivity index (χ2v) is 8.31. The van der Waals surface area contributed by atoms with E-state index in [1.54, 1.807) is 32.0 Å². The third-order valence-electron chi connectivity index (χ3n) is 5.53. The molecule has 8 heteroatoms. The lowest BCUT2D eigenvalue weighted by atomic mass is 10.2. The van der Waals surface area contributed by atoms with Crippen LogP contribution in [0.2, 0.25) is 0 Å². The highest BCUT2D eigenvalue weighted by molar-refractivity contribution is 5.86. The van der Waals surface area contributed by atoms with Crippen LogP contribution in [0.15, 0.2) is 82.7 Å². The molecule has 0 bridgehead atoms. The monoisotopic (exact) mass is 484 g/mol. The molecule has 3 aromatic carbocycles. The highest BCUT2D eigenvalue weighted by Gasteiger charge is 2.18. The molecule has 8 nitrogen and oxygen atoms in total. The Bertz CT molecular complexity index is 1460. The summed E-state index contributed by atoms with van der Waals surface area (Å²) in [6.45, 7) is 3.64. The third kappa shape index (κ3) is 5.27. The molecule has 36 heavy (non-hydrogen) atoms. The van der Waals surface area contributed by atoms with Crippen molar-refractivity contribution in [2.24, 2.45) is 5.10 Å². The quantitative estimate of drug-likeness (QED) is 0.273. The predicted octanol–water partition coefficient (Wildman–Crippen LogP) is 4.34. The molecule has 0 amide bonds. The molecule has 0 spiro atoms. The van der Waals surface area contributed by atoms with Crippen LogP contribution in [-0.2, 0) is 9.53 Å². The molecule has 1 atom stereocenters. The first-order valence-electron chi connectivity index (χ1n) is 11.6. The van der Waals surface area contributed by atoms with Gasteiger partial charge in [-0.1, -0.05) is 42.5 Å². The van der Waals surface area contributed by atoms with Gasteiger partial charge < -0.3 is 14.4 Å². The van der Waals surface area contributed by atoms with Gasteiger partial charge in [0.2, 0.25) is 0 Å². The third-order valence-corrected chi connectivity index (χ3v) is 5.53. The number of ether oxygens (including phenoxy) is 2. The minimum Gasteiger partial charge on any atom is -0.478 e. The van der Waals surface area contributed by atoms with Gasteiger partial charge in [0.05, 0.1) is 23.7 Å². The Morgan fingerprint density at radius 1 is 1.08 bits per heavy atom. The predicted molar refractivity (Wildman–Crippen MR) is 142 cm³/mol. The fourth-order valence-corrected chi connectivity index (χ4v) is 3.63. The normalized spacial score (nSPS) is 12.0. The van der Waals surface area contributed by atoms with Gasteiger partial charge in [0.1, 0.15) is 5.75 Å². The van der Waals surface area contributed by atoms with Crippen molar-refractivity contribution in [2.45, 2.75) is 20.0 Å². The minimum absolute atomic E-state index is 0.263. The topological polar surface area (TPSA) is 86.0 Å². The summed E-state index contributed by atoms with van der Waals surface area (Å²) >= 11 is 0. The molecule has 0 unspecified atom stereocenters. The fourth-order valence-electron chi connectivity index (χ4n) is 3.63. The molecule has 0 aliphatic carbocycles. The zero-order valence-corrected chi connectivity index (χ0v) is 20.7. The lowest BCUT2D eigenvalue weighted by molar-refractivity contribution is -0.150. The van der Waals surface area contributed by atoms with Crippen molar-refractivity contribution in [3.8, 4) is 17.1 Å². The number of anilines is 1. The van der Waals surface area contributed by atoms with Crippen molar-refractivity contribution in [1.82, 2.24) is 9.66 Å². The van der Waals surface area contributed by atoms with Crippen LogP contribution in [0, 0.1) is 0 Å². The Balaban J connectivity index is 1.82. The summed E-state index contributed by atoms with van der Waals surface area (Å²) in [6.07, 6.45) is 0.719. The van der Waals surface area contributed by atoms with E-state index in [9.17, 15) is 9.59 Å². The number of esters is 1. The SMILES string of the molecule is CCOC(=O)[C@@H](C)Oc1cc(N(C)C)ccc1C=Nn1c(-c2ccccc2)nc2ccccc2c1=O. The van der Waals surface area contributed by atoms with Gasteiger partial charge in [-0.25, -0.2) is 9.78 Å². The van der Waals surface area contributed by atoms with E-state index in [2.05, 4.69) is 5.10 Å². The first kappa shape index (κ1) is 24.7. The second kappa shape index (κ2) is 10.9. The fraction of sp³-hybridized carbons (Fsp3) is 0.214. The number of aromatic nitrogens is 2. The van der Waals surface area contributed by atoms with E-state index in [0.717, 1.165) is 11.3 Å². The van der Waals surface area contributed by atoms with Gasteiger partial charge in [-0.15, -0.1) is 0 Å². The van der Waals surface area contributed by atoms with E-state index in [1.807, 2.05) is 73.6 Å². The van der Waals surface area contributed by atoms with Gasteiger partial charge in [-0.3, -0.25) is 4.79 Å². The van der Waals surface area contributed by atoms with Crippen LogP contribution >= 0.6 is 0 Å². The van der Waals surface area contributed by atoms with Gasteiger partial charge in [0.25, 0.3) is 5.56 Å². The maximum atomic E-state index is 13.4. The van der Waals surface area contributed by atoms with Gasteiger partial charge >= 0.3 is 5.97 Å². The van der Waals surface area contributed by atoms with Crippen molar-refractivity contribution in [2.75, 3.05) is 25.6 Å². The number of hydrogen-bond acceptors (Lipinski definition) is 7. The Kier molecular flexibility index (Phi) is 7.44. The Morgan fingerprint density at radius 3 is 2.53 bits per heavy atom. The van der Waals surface area contributed by atoms with E-state index >= 15 is 0 Å². The molecule has 0 aliphatic heterocycles. The van der Waals surface area contributed by atoms with Gasteiger partial charge in [-0.2, -0.15) is 9.78 Å². The number of carbonyl (C=O) groups excluding carboxylic acids is 1. The molecule has 0 saturated heterocycles. The van der Waals surface area contributed by atoms with Crippen molar-refractivity contribution < 1.29 is 14.3 Å². The minimum atomic E-state index is -0.820. The molecule has 0 N–H and O–H groups in total. The average Bonchev–Trinajstić information content (AvgIpc) is 2.89. The van der Waals surface area contributed by atoms with Gasteiger partial charge in [0, 0.05) is 37.0 Å². The van der Waals surface area contributed by atoms with Crippen LogP contribution in [0.3, 0.4) is 0 Å². The Morgan fingerprint density at radius 2 is 1.81 bits per heavy atom. The van der Waals surface area contributed by atoms with Crippen LogP contribution in [0.25, 0.3) is 22.3 Å². The number of para-hydroxylation sites is 1. The van der Waals surface area contributed by atoms with Gasteiger partial charge in [0.15, 0.2) is 11.9 Å². The standard InChI is InChI=1S/C28H28N4O4/c1-5-35-28(34)19(2)36-25-17-22(31(3)4)16-15-21(25)18-29-32-26(20-11-7-6-8-12-20)30-24-14-10-9-13-23(24)27(32)33/h6-19H,5H2,1-4H3/t19-/m1/s1. The molecule has 0 radical (unpaired) electrons.